The minimum atomic E-state index is -1.97. The van der Waals surface area contributed by atoms with E-state index < -0.39 is 79.2 Å². The molecule has 2 saturated heterocycles. The van der Waals surface area contributed by atoms with Gasteiger partial charge in [-0.3, -0.25) is 4.79 Å². The molecule has 7 N–H and O–H groups in total. The first-order valence-electron chi connectivity index (χ1n) is 8.43. The highest BCUT2D eigenvalue weighted by Gasteiger charge is 2.54. The average molecular weight is 425 g/mol. The topological polar surface area (TPSA) is 222 Å². The van der Waals surface area contributed by atoms with Gasteiger partial charge in [-0.1, -0.05) is 0 Å². The fraction of sp³-hybridized carbons (Fsp3) is 0.800. The zero-order valence-corrected chi connectivity index (χ0v) is 15.3. The molecular weight excluding hydrogens is 402 g/mol. The second-order valence-corrected chi connectivity index (χ2v) is 6.55. The molecule has 14 heteroatoms. The molecule has 10 atom stereocenters. The Morgan fingerprint density at radius 2 is 1.45 bits per heavy atom. The number of methoxy groups -OCH3 is 1. The lowest BCUT2D eigenvalue weighted by Crippen LogP contribution is -2.68. The molecule has 0 aliphatic carbocycles. The monoisotopic (exact) mass is 425 g/mol. The quantitative estimate of drug-likeness (QED) is 0.214. The Kier molecular flexibility index (Phi) is 7.47. The van der Waals surface area contributed by atoms with E-state index in [1.54, 1.807) is 0 Å². The van der Waals surface area contributed by atoms with E-state index in [2.05, 4.69) is 5.32 Å². The molecule has 14 nitrogen and oxygen atoms in total. The van der Waals surface area contributed by atoms with Crippen molar-refractivity contribution in [1.29, 1.82) is 0 Å². The van der Waals surface area contributed by atoms with Gasteiger partial charge in [-0.25, -0.2) is 9.59 Å². The van der Waals surface area contributed by atoms with E-state index in [9.17, 15) is 39.9 Å². The molecule has 0 spiro atoms. The third-order valence-corrected chi connectivity index (χ3v) is 4.56. The molecule has 2 aliphatic heterocycles. The first kappa shape index (κ1) is 23.4. The number of carboxylic acids is 2. The van der Waals surface area contributed by atoms with E-state index in [-0.39, 0.29) is 0 Å². The van der Waals surface area contributed by atoms with Crippen molar-refractivity contribution in [3.05, 3.63) is 0 Å². The normalized spacial score (nSPS) is 42.8. The van der Waals surface area contributed by atoms with Crippen LogP contribution in [0.15, 0.2) is 0 Å². The lowest BCUT2D eigenvalue weighted by atomic mass is 9.95. The van der Waals surface area contributed by atoms with Crippen LogP contribution in [0.2, 0.25) is 0 Å². The summed E-state index contributed by atoms with van der Waals surface area (Å²) < 4.78 is 20.1. The molecule has 0 bridgehead atoms. The van der Waals surface area contributed by atoms with Gasteiger partial charge in [0.25, 0.3) is 0 Å². The van der Waals surface area contributed by atoms with E-state index in [0.717, 1.165) is 14.0 Å². The van der Waals surface area contributed by atoms with Crippen LogP contribution in [0.5, 0.6) is 0 Å². The highest BCUT2D eigenvalue weighted by molar-refractivity contribution is 5.75. The van der Waals surface area contributed by atoms with Crippen LogP contribution < -0.4 is 5.32 Å². The van der Waals surface area contributed by atoms with Crippen molar-refractivity contribution < 1.29 is 64.0 Å². The summed E-state index contributed by atoms with van der Waals surface area (Å²) >= 11 is 0. The summed E-state index contributed by atoms with van der Waals surface area (Å²) in [6, 6.07) is -1.51. The molecule has 0 radical (unpaired) electrons. The summed E-state index contributed by atoms with van der Waals surface area (Å²) in [5, 5.41) is 61.3. The summed E-state index contributed by atoms with van der Waals surface area (Å²) in [7, 11) is 1.09. The van der Waals surface area contributed by atoms with Gasteiger partial charge in [-0.2, -0.15) is 0 Å². The molecular formula is C15H23NO13. The fourth-order valence-electron chi connectivity index (χ4n) is 3.19. The van der Waals surface area contributed by atoms with E-state index >= 15 is 0 Å². The van der Waals surface area contributed by atoms with Crippen LogP contribution >= 0.6 is 0 Å². The number of rotatable bonds is 6. The van der Waals surface area contributed by atoms with Gasteiger partial charge < -0.3 is 54.9 Å². The van der Waals surface area contributed by atoms with Crippen LogP contribution in [0.3, 0.4) is 0 Å². The first-order chi connectivity index (χ1) is 13.5. The average Bonchev–Trinajstić information content (AvgIpc) is 2.63. The number of aliphatic hydroxyl groups is 4. The number of hydrogen-bond acceptors (Lipinski definition) is 11. The van der Waals surface area contributed by atoms with Crippen LogP contribution in [0.25, 0.3) is 0 Å². The zero-order chi connectivity index (χ0) is 22.0. The van der Waals surface area contributed by atoms with E-state index in [1.807, 2.05) is 0 Å². The Balaban J connectivity index is 2.31. The van der Waals surface area contributed by atoms with Crippen molar-refractivity contribution >= 4 is 17.8 Å². The largest absolute Gasteiger partial charge is 0.479 e. The molecule has 29 heavy (non-hydrogen) atoms. The van der Waals surface area contributed by atoms with Gasteiger partial charge in [0.15, 0.2) is 24.8 Å². The van der Waals surface area contributed by atoms with E-state index in [0.29, 0.717) is 0 Å². The molecule has 2 fully saturated rings. The van der Waals surface area contributed by atoms with Crippen molar-refractivity contribution in [2.75, 3.05) is 7.11 Å². The Hall–Kier alpha value is -1.91. The number of nitrogens with one attached hydrogen (secondary N) is 1. The lowest BCUT2D eigenvalue weighted by Gasteiger charge is -2.46. The Bertz CT molecular complexity index is 629. The van der Waals surface area contributed by atoms with Crippen molar-refractivity contribution in [2.24, 2.45) is 0 Å². The predicted octanol–water partition coefficient (Wildman–Crippen LogP) is -4.41. The molecule has 0 aromatic carbocycles. The SMILES string of the molecule is CO[C@@H]1C(C(=O)O)OC(OC2[C@H](O)C(C(=O)O)OC(O)[C@H]2NC(C)=O)[C@@H](O)C1O. The number of aliphatic carboxylic acids is 2. The van der Waals surface area contributed by atoms with Crippen molar-refractivity contribution in [3.8, 4) is 0 Å². The maximum Gasteiger partial charge on any atom is 0.335 e. The highest BCUT2D eigenvalue weighted by atomic mass is 16.7. The van der Waals surface area contributed by atoms with Crippen LogP contribution in [0.1, 0.15) is 6.92 Å². The standard InChI is InChI=1S/C15H23NO13/c1-3(17)16-4-8(7(20)10(12(21)22)27-14(4)25)28-15-6(19)5(18)9(26-2)11(29-15)13(23)24/h4-11,14-15,18-20,25H,1-2H3,(H,16,17)(H,21,22)(H,23,24)/t4-,5?,6-,7-,8?,9-,10?,11?,14?,15?/m0/s1. The summed E-state index contributed by atoms with van der Waals surface area (Å²) in [6.07, 6.45) is -16.3. The van der Waals surface area contributed by atoms with Gasteiger partial charge in [0.2, 0.25) is 5.91 Å². The summed E-state index contributed by atoms with van der Waals surface area (Å²) in [5.41, 5.74) is 0. The Labute approximate surface area is 163 Å². The Morgan fingerprint density at radius 3 is 1.93 bits per heavy atom. The number of hydrogen-bond donors (Lipinski definition) is 7. The van der Waals surface area contributed by atoms with Crippen molar-refractivity contribution in [3.63, 3.8) is 0 Å². The van der Waals surface area contributed by atoms with Gasteiger partial charge in [0, 0.05) is 14.0 Å². The molecule has 0 aromatic heterocycles. The summed E-state index contributed by atoms with van der Waals surface area (Å²) in [4.78, 5) is 34.1. The van der Waals surface area contributed by atoms with Crippen LogP contribution in [-0.2, 0) is 33.3 Å². The highest BCUT2D eigenvalue weighted by Crippen LogP contribution is 2.29. The minimum absolute atomic E-state index is 0.694. The van der Waals surface area contributed by atoms with Crippen molar-refractivity contribution in [1.82, 2.24) is 5.32 Å². The molecule has 2 aliphatic rings. The van der Waals surface area contributed by atoms with Crippen LogP contribution in [0.4, 0.5) is 0 Å². The van der Waals surface area contributed by atoms with Gasteiger partial charge in [-0.05, 0) is 0 Å². The number of carbonyl (C=O) groups is 3. The smallest absolute Gasteiger partial charge is 0.335 e. The number of carboxylic acid groups (broad SMARTS) is 2. The number of carbonyl (C=O) groups excluding carboxylic acids is 1. The maximum absolute atomic E-state index is 11.4. The number of amides is 1. The predicted molar refractivity (Wildman–Crippen MR) is 86.1 cm³/mol. The molecule has 166 valence electrons. The van der Waals surface area contributed by atoms with E-state index in [4.69, 9.17) is 24.1 Å². The first-order valence-corrected chi connectivity index (χ1v) is 8.43. The molecule has 6 unspecified atom stereocenters. The zero-order valence-electron chi connectivity index (χ0n) is 15.3. The Morgan fingerprint density at radius 1 is 0.862 bits per heavy atom. The fourth-order valence-corrected chi connectivity index (χ4v) is 3.19. The minimum Gasteiger partial charge on any atom is -0.479 e. The van der Waals surface area contributed by atoms with Crippen molar-refractivity contribution in [2.45, 2.75) is 68.3 Å². The molecule has 1 amide bonds. The third-order valence-electron chi connectivity index (χ3n) is 4.56. The lowest BCUT2D eigenvalue weighted by molar-refractivity contribution is -0.335. The van der Waals surface area contributed by atoms with Gasteiger partial charge in [0.1, 0.15) is 36.6 Å². The second kappa shape index (κ2) is 9.27. The number of ether oxygens (including phenoxy) is 4. The van der Waals surface area contributed by atoms with Gasteiger partial charge in [0.05, 0.1) is 0 Å². The summed E-state index contributed by atoms with van der Waals surface area (Å²) in [5.74, 6) is -3.90. The second-order valence-electron chi connectivity index (χ2n) is 6.55. The molecule has 0 saturated carbocycles. The van der Waals surface area contributed by atoms with Gasteiger partial charge >= 0.3 is 11.9 Å². The number of aliphatic hydroxyl groups excluding tert-OH is 4. The molecule has 2 rings (SSSR count). The third kappa shape index (κ3) is 4.81. The van der Waals surface area contributed by atoms with Gasteiger partial charge in [-0.15, -0.1) is 0 Å². The van der Waals surface area contributed by atoms with Crippen LogP contribution in [0, 0.1) is 0 Å². The maximum atomic E-state index is 11.4. The molecule has 0 aromatic rings. The van der Waals surface area contributed by atoms with E-state index in [1.165, 1.54) is 0 Å². The van der Waals surface area contributed by atoms with Crippen LogP contribution in [-0.4, -0.2) is 117 Å². The molecule has 2 heterocycles. The summed E-state index contributed by atoms with van der Waals surface area (Å²) in [6.45, 7) is 1.07.